The van der Waals surface area contributed by atoms with E-state index in [0.717, 1.165) is 5.56 Å². The third kappa shape index (κ3) is 3.06. The van der Waals surface area contributed by atoms with Crippen LogP contribution in [0.25, 0.3) is 0 Å². The molecule has 0 saturated heterocycles. The second-order valence-corrected chi connectivity index (χ2v) is 4.98. The first-order chi connectivity index (χ1) is 9.63. The van der Waals surface area contributed by atoms with E-state index >= 15 is 0 Å². The molecule has 20 heavy (non-hydrogen) atoms. The third-order valence-electron chi connectivity index (χ3n) is 2.80. The van der Waals surface area contributed by atoms with Gasteiger partial charge in [-0.3, -0.25) is 9.78 Å². The van der Waals surface area contributed by atoms with Gasteiger partial charge in [0.25, 0.3) is 5.56 Å². The van der Waals surface area contributed by atoms with Crippen molar-refractivity contribution in [2.45, 2.75) is 19.5 Å². The monoisotopic (exact) mass is 332 g/mol. The van der Waals surface area contributed by atoms with Gasteiger partial charge in [-0.05, 0) is 40.5 Å². The molecule has 102 valence electrons. The molecule has 0 aliphatic heterocycles. The quantitative estimate of drug-likeness (QED) is 0.872. The first-order valence-electron chi connectivity index (χ1n) is 5.99. The van der Waals surface area contributed by atoms with Crippen LogP contribution < -0.4 is 10.9 Å². The topological polar surface area (TPSA) is 59.8 Å². The molecule has 1 unspecified atom stereocenters. The number of pyridine rings is 1. The van der Waals surface area contributed by atoms with Gasteiger partial charge < -0.3 is 5.32 Å². The van der Waals surface area contributed by atoms with Crippen molar-refractivity contribution in [2.24, 2.45) is 0 Å². The Balaban J connectivity index is 2.25. The second kappa shape index (κ2) is 6.35. The highest BCUT2D eigenvalue weighted by Crippen LogP contribution is 2.22. The molecule has 2 aromatic heterocycles. The molecular weight excluding hydrogens is 320 g/mol. The van der Waals surface area contributed by atoms with E-state index in [1.807, 2.05) is 19.1 Å². The number of nitrogens with one attached hydrogen (secondary N) is 1. The number of aromatic nitrogens is 3. The molecule has 0 amide bonds. The van der Waals surface area contributed by atoms with E-state index in [2.05, 4.69) is 37.2 Å². The van der Waals surface area contributed by atoms with Crippen molar-refractivity contribution >= 4 is 21.6 Å². The summed E-state index contributed by atoms with van der Waals surface area (Å²) in [6, 6.07) is 3.86. The van der Waals surface area contributed by atoms with E-state index in [1.54, 1.807) is 18.6 Å². The van der Waals surface area contributed by atoms with E-state index in [9.17, 15) is 4.79 Å². The van der Waals surface area contributed by atoms with Crippen molar-refractivity contribution in [3.63, 3.8) is 0 Å². The predicted octanol–water partition coefficient (Wildman–Crippen LogP) is 2.21. The lowest BCUT2D eigenvalue weighted by molar-refractivity contribution is 0.658. The molecule has 0 spiro atoms. The van der Waals surface area contributed by atoms with Gasteiger partial charge in [-0.25, -0.2) is 4.68 Å². The Morgan fingerprint density at radius 2 is 2.20 bits per heavy atom. The average Bonchev–Trinajstić information content (AvgIpc) is 2.48. The maximum Gasteiger partial charge on any atom is 0.284 e. The number of hydrogen-bond donors (Lipinski definition) is 1. The molecular formula is C14H13BrN4O. The van der Waals surface area contributed by atoms with E-state index in [-0.39, 0.29) is 18.1 Å². The molecule has 6 heteroatoms. The van der Waals surface area contributed by atoms with E-state index in [4.69, 9.17) is 6.42 Å². The summed E-state index contributed by atoms with van der Waals surface area (Å²) in [5.41, 5.74) is 1.45. The summed E-state index contributed by atoms with van der Waals surface area (Å²) in [5.74, 6) is 2.39. The third-order valence-corrected chi connectivity index (χ3v) is 3.57. The molecule has 5 nitrogen and oxygen atoms in total. The van der Waals surface area contributed by atoms with Crippen LogP contribution in [-0.2, 0) is 6.54 Å². The molecule has 0 aliphatic carbocycles. The Bertz CT molecular complexity index is 691. The van der Waals surface area contributed by atoms with Gasteiger partial charge in [-0.15, -0.1) is 6.42 Å². The van der Waals surface area contributed by atoms with Crippen LogP contribution in [0, 0.1) is 12.3 Å². The standard InChI is InChI=1S/C14H13BrN4O/c1-3-8-19-14(20)13(15)12(9-17-19)18-10(2)11-4-6-16-7-5-11/h1,4-7,9-10,18H,8H2,2H3. The van der Waals surface area contributed by atoms with Crippen molar-refractivity contribution in [1.29, 1.82) is 0 Å². The zero-order chi connectivity index (χ0) is 14.5. The number of anilines is 1. The van der Waals surface area contributed by atoms with Crippen molar-refractivity contribution in [3.8, 4) is 12.3 Å². The van der Waals surface area contributed by atoms with Crippen LogP contribution in [0.3, 0.4) is 0 Å². The van der Waals surface area contributed by atoms with Crippen LogP contribution >= 0.6 is 15.9 Å². The number of rotatable bonds is 4. The van der Waals surface area contributed by atoms with Gasteiger partial charge in [-0.2, -0.15) is 5.10 Å². The van der Waals surface area contributed by atoms with Crippen LogP contribution in [0.1, 0.15) is 18.5 Å². The number of halogens is 1. The molecule has 2 aromatic rings. The van der Waals surface area contributed by atoms with Crippen molar-refractivity contribution in [3.05, 3.63) is 51.1 Å². The minimum atomic E-state index is -0.255. The molecule has 1 N–H and O–H groups in total. The number of nitrogens with zero attached hydrogens (tertiary/aromatic N) is 3. The zero-order valence-electron chi connectivity index (χ0n) is 10.9. The van der Waals surface area contributed by atoms with Gasteiger partial charge in [0.1, 0.15) is 11.0 Å². The molecule has 0 fully saturated rings. The van der Waals surface area contributed by atoms with E-state index in [0.29, 0.717) is 10.2 Å². The summed E-state index contributed by atoms with van der Waals surface area (Å²) >= 11 is 3.29. The van der Waals surface area contributed by atoms with Crippen LogP contribution in [-0.4, -0.2) is 14.8 Å². The minimum Gasteiger partial charge on any atom is -0.376 e. The number of hydrogen-bond acceptors (Lipinski definition) is 4. The van der Waals surface area contributed by atoms with Gasteiger partial charge in [0.05, 0.1) is 11.9 Å². The summed E-state index contributed by atoms with van der Waals surface area (Å²) in [5, 5.41) is 7.27. The minimum absolute atomic E-state index is 0.0268. The Kier molecular flexibility index (Phi) is 4.53. The second-order valence-electron chi connectivity index (χ2n) is 4.19. The lowest BCUT2D eigenvalue weighted by Crippen LogP contribution is -2.24. The molecule has 0 radical (unpaired) electrons. The smallest absolute Gasteiger partial charge is 0.284 e. The van der Waals surface area contributed by atoms with Crippen molar-refractivity contribution in [2.75, 3.05) is 5.32 Å². The van der Waals surface area contributed by atoms with Crippen LogP contribution in [0.5, 0.6) is 0 Å². The van der Waals surface area contributed by atoms with Gasteiger partial charge in [0.2, 0.25) is 0 Å². The van der Waals surface area contributed by atoms with Crippen molar-refractivity contribution < 1.29 is 0 Å². The fourth-order valence-electron chi connectivity index (χ4n) is 1.73. The number of terminal acetylenes is 1. The normalized spacial score (nSPS) is 11.7. The molecule has 0 aliphatic rings. The van der Waals surface area contributed by atoms with Crippen molar-refractivity contribution in [1.82, 2.24) is 14.8 Å². The highest BCUT2D eigenvalue weighted by Gasteiger charge is 2.11. The zero-order valence-corrected chi connectivity index (χ0v) is 12.5. The van der Waals surface area contributed by atoms with Crippen LogP contribution in [0.2, 0.25) is 0 Å². The fourth-order valence-corrected chi connectivity index (χ4v) is 2.16. The van der Waals surface area contributed by atoms with Crippen LogP contribution in [0.15, 0.2) is 40.0 Å². The Labute approximate surface area is 125 Å². The van der Waals surface area contributed by atoms with Gasteiger partial charge in [-0.1, -0.05) is 5.92 Å². The maximum atomic E-state index is 12.0. The summed E-state index contributed by atoms with van der Waals surface area (Å²) in [6.45, 7) is 2.15. The lowest BCUT2D eigenvalue weighted by Gasteiger charge is -2.16. The largest absolute Gasteiger partial charge is 0.376 e. The fraction of sp³-hybridized carbons (Fsp3) is 0.214. The van der Waals surface area contributed by atoms with Crippen LogP contribution in [0.4, 0.5) is 5.69 Å². The molecule has 0 saturated carbocycles. The van der Waals surface area contributed by atoms with Gasteiger partial charge >= 0.3 is 0 Å². The first kappa shape index (κ1) is 14.3. The highest BCUT2D eigenvalue weighted by atomic mass is 79.9. The Hall–Kier alpha value is -2.13. The average molecular weight is 333 g/mol. The molecule has 1 atom stereocenters. The molecule has 2 heterocycles. The van der Waals surface area contributed by atoms with Gasteiger partial charge in [0, 0.05) is 18.4 Å². The van der Waals surface area contributed by atoms with E-state index < -0.39 is 0 Å². The molecule has 0 aromatic carbocycles. The summed E-state index contributed by atoms with van der Waals surface area (Å²) in [6.07, 6.45) is 10.2. The highest BCUT2D eigenvalue weighted by molar-refractivity contribution is 9.10. The Morgan fingerprint density at radius 1 is 1.50 bits per heavy atom. The van der Waals surface area contributed by atoms with E-state index in [1.165, 1.54) is 4.68 Å². The SMILES string of the molecule is C#CCn1ncc(NC(C)c2ccncc2)c(Br)c1=O. The predicted molar refractivity (Wildman–Crippen MR) is 81.3 cm³/mol. The summed E-state index contributed by atoms with van der Waals surface area (Å²) < 4.78 is 1.65. The molecule has 0 bridgehead atoms. The Morgan fingerprint density at radius 3 is 2.85 bits per heavy atom. The first-order valence-corrected chi connectivity index (χ1v) is 6.78. The lowest BCUT2D eigenvalue weighted by atomic mass is 10.1. The maximum absolute atomic E-state index is 12.0. The summed E-state index contributed by atoms with van der Waals surface area (Å²) in [7, 11) is 0. The summed E-state index contributed by atoms with van der Waals surface area (Å²) in [4.78, 5) is 16.0. The van der Waals surface area contributed by atoms with Gasteiger partial charge in [0.15, 0.2) is 0 Å². The molecule has 2 rings (SSSR count).